The molecular formula is C12H8F3IN2O2. The van der Waals surface area contributed by atoms with Gasteiger partial charge in [0, 0.05) is 6.20 Å². The summed E-state index contributed by atoms with van der Waals surface area (Å²) in [6, 6.07) is 4.70. The van der Waals surface area contributed by atoms with Crippen LogP contribution in [-0.2, 0) is 12.7 Å². The minimum atomic E-state index is -4.43. The van der Waals surface area contributed by atoms with Crippen molar-refractivity contribution in [2.45, 2.75) is 12.7 Å². The van der Waals surface area contributed by atoms with Gasteiger partial charge in [-0.3, -0.25) is 14.3 Å². The van der Waals surface area contributed by atoms with E-state index < -0.39 is 23.0 Å². The van der Waals surface area contributed by atoms with Crippen LogP contribution in [0.5, 0.6) is 0 Å². The van der Waals surface area contributed by atoms with E-state index in [2.05, 4.69) is 4.98 Å². The molecule has 0 atom stereocenters. The maximum atomic E-state index is 12.6. The number of H-pyrrole nitrogens is 1. The van der Waals surface area contributed by atoms with Crippen LogP contribution in [0.3, 0.4) is 0 Å². The highest BCUT2D eigenvalue weighted by atomic mass is 127. The predicted molar refractivity (Wildman–Crippen MR) is 74.6 cm³/mol. The summed E-state index contributed by atoms with van der Waals surface area (Å²) >= 11 is 1.75. The minimum absolute atomic E-state index is 0.0461. The smallest absolute Gasteiger partial charge is 0.295 e. The van der Waals surface area contributed by atoms with Gasteiger partial charge >= 0.3 is 11.9 Å². The van der Waals surface area contributed by atoms with E-state index >= 15 is 0 Å². The second kappa shape index (κ2) is 5.43. The number of hydrogen-bond acceptors (Lipinski definition) is 2. The number of rotatable bonds is 2. The Labute approximate surface area is 124 Å². The molecule has 0 spiro atoms. The van der Waals surface area contributed by atoms with Crippen LogP contribution in [0.4, 0.5) is 13.2 Å². The molecule has 106 valence electrons. The molecule has 0 amide bonds. The van der Waals surface area contributed by atoms with Gasteiger partial charge in [-0.25, -0.2) is 4.79 Å². The van der Waals surface area contributed by atoms with E-state index in [0.29, 0.717) is 5.56 Å². The largest absolute Gasteiger partial charge is 0.416 e. The molecule has 0 fully saturated rings. The first kappa shape index (κ1) is 14.8. The summed E-state index contributed by atoms with van der Waals surface area (Å²) in [5.41, 5.74) is -1.63. The first-order valence-electron chi connectivity index (χ1n) is 5.43. The molecule has 8 heteroatoms. The Kier molecular flexibility index (Phi) is 4.02. The molecule has 1 aromatic heterocycles. The molecule has 0 bridgehead atoms. The summed E-state index contributed by atoms with van der Waals surface area (Å²) in [5, 5.41) is 0. The summed E-state index contributed by atoms with van der Waals surface area (Å²) in [7, 11) is 0. The average Bonchev–Trinajstić information content (AvgIpc) is 2.35. The van der Waals surface area contributed by atoms with Crippen LogP contribution in [-0.4, -0.2) is 9.55 Å². The van der Waals surface area contributed by atoms with Crippen molar-refractivity contribution in [1.82, 2.24) is 9.55 Å². The molecule has 0 aliphatic heterocycles. The molecule has 0 saturated carbocycles. The number of alkyl halides is 3. The Bertz CT molecular complexity index is 749. The van der Waals surface area contributed by atoms with E-state index in [-0.39, 0.29) is 10.1 Å². The number of nitrogens with zero attached hydrogens (tertiary/aromatic N) is 1. The van der Waals surface area contributed by atoms with Crippen molar-refractivity contribution in [1.29, 1.82) is 0 Å². The molecule has 1 heterocycles. The van der Waals surface area contributed by atoms with Crippen LogP contribution in [0, 0.1) is 3.57 Å². The zero-order valence-corrected chi connectivity index (χ0v) is 12.0. The van der Waals surface area contributed by atoms with Crippen molar-refractivity contribution in [3.8, 4) is 0 Å². The van der Waals surface area contributed by atoms with E-state index in [4.69, 9.17) is 0 Å². The number of nitrogens with one attached hydrogen (secondary N) is 1. The van der Waals surface area contributed by atoms with Crippen molar-refractivity contribution >= 4 is 22.6 Å². The molecule has 1 N–H and O–H groups in total. The van der Waals surface area contributed by atoms with Gasteiger partial charge in [0.05, 0.1) is 15.7 Å². The molecule has 0 unspecified atom stereocenters. The number of benzene rings is 1. The zero-order chi connectivity index (χ0) is 14.9. The highest BCUT2D eigenvalue weighted by Crippen LogP contribution is 2.29. The monoisotopic (exact) mass is 396 g/mol. The van der Waals surface area contributed by atoms with Crippen LogP contribution < -0.4 is 11.2 Å². The SMILES string of the molecule is O=c1[nH]c(=O)n(Cc2cccc(C(F)(F)F)c2)cc1I. The van der Waals surface area contributed by atoms with E-state index in [0.717, 1.165) is 16.7 Å². The topological polar surface area (TPSA) is 54.9 Å². The Hall–Kier alpha value is -1.58. The number of aromatic nitrogens is 2. The van der Waals surface area contributed by atoms with Gasteiger partial charge in [-0.05, 0) is 40.3 Å². The highest BCUT2D eigenvalue weighted by molar-refractivity contribution is 14.1. The summed E-state index contributed by atoms with van der Waals surface area (Å²) in [6.07, 6.45) is -3.12. The minimum Gasteiger partial charge on any atom is -0.295 e. The second-order valence-electron chi connectivity index (χ2n) is 4.06. The maximum absolute atomic E-state index is 12.6. The van der Waals surface area contributed by atoms with Gasteiger partial charge < -0.3 is 0 Å². The van der Waals surface area contributed by atoms with Crippen LogP contribution in [0.25, 0.3) is 0 Å². The Morgan fingerprint density at radius 3 is 2.60 bits per heavy atom. The molecule has 2 rings (SSSR count). The average molecular weight is 396 g/mol. The van der Waals surface area contributed by atoms with Crippen molar-refractivity contribution in [2.24, 2.45) is 0 Å². The third-order valence-electron chi connectivity index (χ3n) is 2.57. The molecule has 20 heavy (non-hydrogen) atoms. The molecule has 0 radical (unpaired) electrons. The first-order valence-corrected chi connectivity index (χ1v) is 6.50. The fourth-order valence-corrected chi connectivity index (χ4v) is 2.11. The lowest BCUT2D eigenvalue weighted by Gasteiger charge is -2.10. The van der Waals surface area contributed by atoms with E-state index in [1.165, 1.54) is 18.3 Å². The summed E-state index contributed by atoms with van der Waals surface area (Å²) in [4.78, 5) is 24.9. The Morgan fingerprint density at radius 2 is 1.95 bits per heavy atom. The van der Waals surface area contributed by atoms with Crippen molar-refractivity contribution in [2.75, 3.05) is 0 Å². The highest BCUT2D eigenvalue weighted by Gasteiger charge is 2.30. The third-order valence-corrected chi connectivity index (χ3v) is 3.34. The standard InChI is InChI=1S/C12H8F3IN2O2/c13-12(14,15)8-3-1-2-7(4-8)5-18-6-9(16)10(19)17-11(18)20/h1-4,6H,5H2,(H,17,19,20). The van der Waals surface area contributed by atoms with E-state index in [9.17, 15) is 22.8 Å². The fourth-order valence-electron chi connectivity index (χ4n) is 1.64. The van der Waals surface area contributed by atoms with Gasteiger partial charge in [-0.2, -0.15) is 13.2 Å². The fraction of sp³-hybridized carbons (Fsp3) is 0.167. The van der Waals surface area contributed by atoms with Crippen molar-refractivity contribution < 1.29 is 13.2 Å². The van der Waals surface area contributed by atoms with Gasteiger partial charge in [-0.15, -0.1) is 0 Å². The number of aromatic amines is 1. The predicted octanol–water partition coefficient (Wildman–Crippen LogP) is 2.21. The number of halogens is 4. The summed E-state index contributed by atoms with van der Waals surface area (Å²) in [6.45, 7) is -0.0461. The molecular weight excluding hydrogens is 388 g/mol. The molecule has 1 aromatic carbocycles. The lowest BCUT2D eigenvalue weighted by molar-refractivity contribution is -0.137. The van der Waals surface area contributed by atoms with Gasteiger partial charge in [-0.1, -0.05) is 12.1 Å². The Balaban J connectivity index is 2.38. The van der Waals surface area contributed by atoms with Crippen LogP contribution in [0.15, 0.2) is 40.1 Å². The quantitative estimate of drug-likeness (QED) is 0.792. The summed E-state index contributed by atoms with van der Waals surface area (Å²) < 4.78 is 39.2. The van der Waals surface area contributed by atoms with Crippen molar-refractivity contribution in [3.05, 3.63) is 66.0 Å². The lowest BCUT2D eigenvalue weighted by atomic mass is 10.1. The molecule has 0 aliphatic rings. The third kappa shape index (κ3) is 3.30. The Morgan fingerprint density at radius 1 is 1.25 bits per heavy atom. The lowest BCUT2D eigenvalue weighted by Crippen LogP contribution is -2.31. The van der Waals surface area contributed by atoms with Crippen molar-refractivity contribution in [3.63, 3.8) is 0 Å². The zero-order valence-electron chi connectivity index (χ0n) is 9.87. The normalized spacial score (nSPS) is 11.6. The van der Waals surface area contributed by atoms with Crippen LogP contribution in [0.2, 0.25) is 0 Å². The van der Waals surface area contributed by atoms with E-state index in [1.54, 1.807) is 22.6 Å². The molecule has 0 aliphatic carbocycles. The summed E-state index contributed by atoms with van der Waals surface area (Å²) in [5.74, 6) is 0. The maximum Gasteiger partial charge on any atom is 0.416 e. The molecule has 0 saturated heterocycles. The number of hydrogen-bond donors (Lipinski definition) is 1. The first-order chi connectivity index (χ1) is 9.27. The van der Waals surface area contributed by atoms with Gasteiger partial charge in [0.25, 0.3) is 5.56 Å². The van der Waals surface area contributed by atoms with Gasteiger partial charge in [0.1, 0.15) is 0 Å². The molecule has 2 aromatic rings. The second-order valence-corrected chi connectivity index (χ2v) is 5.22. The van der Waals surface area contributed by atoms with Crippen LogP contribution >= 0.6 is 22.6 Å². The van der Waals surface area contributed by atoms with Crippen LogP contribution in [0.1, 0.15) is 11.1 Å². The van der Waals surface area contributed by atoms with Gasteiger partial charge in [0.2, 0.25) is 0 Å². The van der Waals surface area contributed by atoms with E-state index in [1.807, 2.05) is 0 Å². The molecule has 4 nitrogen and oxygen atoms in total. The van der Waals surface area contributed by atoms with Gasteiger partial charge in [0.15, 0.2) is 0 Å².